The average Bonchev–Trinajstić information content (AvgIpc) is 1.90. The van der Waals surface area contributed by atoms with Gasteiger partial charge in [0.05, 0.1) is 0 Å². The van der Waals surface area contributed by atoms with E-state index in [2.05, 4.69) is 20.8 Å². The van der Waals surface area contributed by atoms with Crippen LogP contribution in [0.3, 0.4) is 0 Å². The Kier molecular flexibility index (Phi) is 2.96. The molecule has 50 valence electrons. The molecule has 1 aliphatic rings. The highest BCUT2D eigenvalue weighted by atomic mass is 27.1. The van der Waals surface area contributed by atoms with Gasteiger partial charge in [-0.15, -0.1) is 0 Å². The summed E-state index contributed by atoms with van der Waals surface area (Å²) in [5.74, 6) is 5.55. The van der Waals surface area contributed by atoms with Crippen molar-refractivity contribution in [1.82, 2.24) is 9.31 Å². The van der Waals surface area contributed by atoms with Crippen molar-refractivity contribution < 1.29 is 0 Å². The first-order valence-corrected chi connectivity index (χ1v) is 3.86. The maximum atomic E-state index is 5.55. The summed E-state index contributed by atoms with van der Waals surface area (Å²) in [7, 11) is 0. The standard InChI is InChI=1S/C5H12N3.Al/c6-5-1-3-8(7)4-2-5;/h5-6H,1-4,7H2;/q-1;+1. The number of rotatable bonds is 1. The van der Waals surface area contributed by atoms with Crippen LogP contribution in [0.2, 0.25) is 0 Å². The molecule has 3 nitrogen and oxygen atoms in total. The quantitative estimate of drug-likeness (QED) is 0.363. The fourth-order valence-electron chi connectivity index (χ4n) is 1.07. The molecular weight excluding hydrogens is 129 g/mol. The molecule has 1 rings (SSSR count). The highest BCUT2D eigenvalue weighted by Gasteiger charge is 2.13. The van der Waals surface area contributed by atoms with E-state index >= 15 is 0 Å². The third-order valence-corrected chi connectivity index (χ3v) is 2.24. The molecule has 0 aliphatic carbocycles. The minimum absolute atomic E-state index is 0.662. The Morgan fingerprint density at radius 2 is 2.00 bits per heavy atom. The molecule has 0 atom stereocenters. The Labute approximate surface area is 64.2 Å². The van der Waals surface area contributed by atoms with Crippen LogP contribution in [0.25, 0.3) is 0 Å². The van der Waals surface area contributed by atoms with Crippen molar-refractivity contribution >= 4 is 16.5 Å². The van der Waals surface area contributed by atoms with Crippen molar-refractivity contribution in [2.24, 2.45) is 5.84 Å². The van der Waals surface area contributed by atoms with E-state index in [-0.39, 0.29) is 0 Å². The van der Waals surface area contributed by atoms with Gasteiger partial charge in [-0.05, 0) is 18.9 Å². The first-order valence-electron chi connectivity index (χ1n) is 3.28. The van der Waals surface area contributed by atoms with Gasteiger partial charge in [-0.25, -0.2) is 5.01 Å². The van der Waals surface area contributed by atoms with E-state index < -0.39 is 0 Å². The zero-order chi connectivity index (χ0) is 6.69. The Balaban J connectivity index is 2.18. The zero-order valence-corrected chi connectivity index (χ0v) is 6.66. The van der Waals surface area contributed by atoms with Crippen LogP contribution in [0.1, 0.15) is 12.8 Å². The van der Waals surface area contributed by atoms with Crippen LogP contribution < -0.4 is 10.1 Å². The summed E-state index contributed by atoms with van der Waals surface area (Å²) in [6, 6.07) is 0.662. The number of nitrogens with two attached hydrogens (primary N) is 1. The lowest BCUT2D eigenvalue weighted by atomic mass is 10.1. The van der Waals surface area contributed by atoms with E-state index in [4.69, 9.17) is 5.84 Å². The molecule has 1 fully saturated rings. The van der Waals surface area contributed by atoms with Crippen molar-refractivity contribution in [3.05, 3.63) is 0 Å². The summed E-state index contributed by atoms with van der Waals surface area (Å²) in [6.45, 7) is 2.04. The maximum Gasteiger partial charge on any atom is 0.251 e. The molecule has 3 N–H and O–H groups in total. The fourth-order valence-corrected chi connectivity index (χ4v) is 1.40. The van der Waals surface area contributed by atoms with Gasteiger partial charge >= 0.3 is 0 Å². The normalized spacial score (nSPS) is 24.6. The minimum atomic E-state index is 0.662. The Morgan fingerprint density at radius 1 is 1.44 bits per heavy atom. The van der Waals surface area contributed by atoms with E-state index in [9.17, 15) is 0 Å². The Morgan fingerprint density at radius 3 is 2.44 bits per heavy atom. The van der Waals surface area contributed by atoms with Crippen LogP contribution in [-0.2, 0) is 0 Å². The summed E-state index contributed by atoms with van der Waals surface area (Å²) in [4.78, 5) is 0. The lowest BCUT2D eigenvalue weighted by molar-refractivity contribution is 0.212. The first kappa shape index (κ1) is 7.52. The van der Waals surface area contributed by atoms with Crippen molar-refractivity contribution in [3.8, 4) is 0 Å². The SMILES string of the molecule is NN1CCC([NH][Al])CC1. The smallest absolute Gasteiger partial charge is 0.251 e. The monoisotopic (exact) mass is 141 g/mol. The highest BCUT2D eigenvalue weighted by molar-refractivity contribution is 6.04. The molecular formula is C5H12AlN3. The van der Waals surface area contributed by atoms with E-state index in [1.165, 1.54) is 12.8 Å². The number of piperidine rings is 1. The third kappa shape index (κ3) is 2.25. The number of hydrazine groups is 1. The molecule has 0 spiro atoms. The van der Waals surface area contributed by atoms with E-state index in [1.54, 1.807) is 0 Å². The lowest BCUT2D eigenvalue weighted by Gasteiger charge is -2.28. The van der Waals surface area contributed by atoms with Crippen LogP contribution in [0.15, 0.2) is 0 Å². The largest absolute Gasteiger partial charge is 0.412 e. The molecule has 2 radical (unpaired) electrons. The first-order chi connectivity index (χ1) is 4.33. The molecule has 0 aromatic rings. The second-order valence-corrected chi connectivity index (χ2v) is 2.81. The molecule has 1 saturated heterocycles. The van der Waals surface area contributed by atoms with Gasteiger partial charge in [0.2, 0.25) is 0 Å². The second-order valence-electron chi connectivity index (χ2n) is 2.48. The van der Waals surface area contributed by atoms with Gasteiger partial charge < -0.3 is 4.30 Å². The van der Waals surface area contributed by atoms with E-state index in [0.717, 1.165) is 13.1 Å². The third-order valence-electron chi connectivity index (χ3n) is 1.77. The fraction of sp³-hybridized carbons (Fsp3) is 1.00. The summed E-state index contributed by atoms with van der Waals surface area (Å²) >= 11 is 2.55. The van der Waals surface area contributed by atoms with E-state index in [1.807, 2.05) is 5.01 Å². The van der Waals surface area contributed by atoms with Crippen molar-refractivity contribution in [1.29, 1.82) is 0 Å². The Bertz CT molecular complexity index is 80.3. The van der Waals surface area contributed by atoms with Gasteiger partial charge in [0, 0.05) is 13.1 Å². The molecule has 0 aromatic carbocycles. The predicted octanol–water partition coefficient (Wildman–Crippen LogP) is -1.00. The summed E-state index contributed by atoms with van der Waals surface area (Å²) in [5.41, 5.74) is 0. The van der Waals surface area contributed by atoms with Crippen LogP contribution >= 0.6 is 0 Å². The minimum Gasteiger partial charge on any atom is -0.412 e. The van der Waals surface area contributed by atoms with Gasteiger partial charge in [-0.2, -0.15) is 0 Å². The van der Waals surface area contributed by atoms with Crippen molar-refractivity contribution in [3.63, 3.8) is 0 Å². The average molecular weight is 141 g/mol. The van der Waals surface area contributed by atoms with Gasteiger partial charge in [-0.3, -0.25) is 5.84 Å². The summed E-state index contributed by atoms with van der Waals surface area (Å²) < 4.78 is 3.16. The van der Waals surface area contributed by atoms with Crippen molar-refractivity contribution in [2.75, 3.05) is 13.1 Å². The number of hydrogen-bond acceptors (Lipinski definition) is 3. The van der Waals surface area contributed by atoms with Crippen LogP contribution in [0, 0.1) is 0 Å². The molecule has 4 heteroatoms. The van der Waals surface area contributed by atoms with Gasteiger partial charge in [0.1, 0.15) is 0 Å². The van der Waals surface area contributed by atoms with Crippen molar-refractivity contribution in [2.45, 2.75) is 18.9 Å². The summed E-state index contributed by atoms with van der Waals surface area (Å²) in [6.07, 6.45) is 2.33. The van der Waals surface area contributed by atoms with E-state index in [0.29, 0.717) is 6.04 Å². The Hall–Kier alpha value is 0.412. The molecule has 1 heterocycles. The lowest BCUT2D eigenvalue weighted by Crippen LogP contribution is -2.44. The number of hydrogen-bond donors (Lipinski definition) is 2. The van der Waals surface area contributed by atoms with Crippen LogP contribution in [0.5, 0.6) is 0 Å². The molecule has 0 unspecified atom stereocenters. The topological polar surface area (TPSA) is 41.3 Å². The molecule has 0 amide bonds. The molecule has 9 heavy (non-hydrogen) atoms. The summed E-state index contributed by atoms with van der Waals surface area (Å²) in [5, 5.41) is 1.87. The molecule has 0 bridgehead atoms. The molecule has 0 saturated carbocycles. The maximum absolute atomic E-state index is 5.55. The number of nitrogens with zero attached hydrogens (tertiary/aromatic N) is 1. The van der Waals surface area contributed by atoms with Gasteiger partial charge in [0.25, 0.3) is 16.5 Å². The molecule has 1 aliphatic heterocycles. The van der Waals surface area contributed by atoms with Crippen LogP contribution in [0.4, 0.5) is 0 Å². The molecule has 0 aromatic heterocycles. The second kappa shape index (κ2) is 3.55. The van der Waals surface area contributed by atoms with Crippen LogP contribution in [-0.4, -0.2) is 40.7 Å². The van der Waals surface area contributed by atoms with Gasteiger partial charge in [-0.1, -0.05) is 0 Å². The zero-order valence-electron chi connectivity index (χ0n) is 5.51. The predicted molar refractivity (Wildman–Crippen MR) is 37.7 cm³/mol. The highest BCUT2D eigenvalue weighted by Crippen LogP contribution is 2.04. The number of nitrogens with one attached hydrogen (secondary N) is 1. The van der Waals surface area contributed by atoms with Gasteiger partial charge in [0.15, 0.2) is 0 Å².